The van der Waals surface area contributed by atoms with Crippen molar-refractivity contribution in [1.29, 1.82) is 0 Å². The Hall–Kier alpha value is -4.47. The van der Waals surface area contributed by atoms with Crippen LogP contribution in [0.3, 0.4) is 0 Å². The maximum atomic E-state index is 13.4. The van der Waals surface area contributed by atoms with E-state index in [1.165, 1.54) is 0 Å². The summed E-state index contributed by atoms with van der Waals surface area (Å²) in [5, 5.41) is 6.87. The highest BCUT2D eigenvalue weighted by Crippen LogP contribution is 2.30. The van der Waals surface area contributed by atoms with E-state index in [1.807, 2.05) is 18.2 Å². The Morgan fingerprint density at radius 2 is 1.10 bits per heavy atom. The molecule has 0 atom stereocenters. The lowest BCUT2D eigenvalue weighted by atomic mass is 9.81. The quantitative estimate of drug-likeness (QED) is 0.0986. The number of carbonyl (C=O) groups excluding carboxylic acids is 2. The number of benzene rings is 3. The van der Waals surface area contributed by atoms with E-state index in [2.05, 4.69) is 72.4 Å². The number of hydrogen-bond donors (Lipinski definition) is 2. The second kappa shape index (κ2) is 17.8. The average molecular weight is 662 g/mol. The Balaban J connectivity index is 1.23. The van der Waals surface area contributed by atoms with E-state index >= 15 is 0 Å². The monoisotopic (exact) mass is 661 g/mol. The van der Waals surface area contributed by atoms with Crippen LogP contribution in [0.2, 0.25) is 0 Å². The maximum Gasteiger partial charge on any atom is 0.227 e. The highest BCUT2D eigenvalue weighted by atomic mass is 16.1. The lowest BCUT2D eigenvalue weighted by Gasteiger charge is -2.20. The van der Waals surface area contributed by atoms with Gasteiger partial charge in [0.2, 0.25) is 11.9 Å². The molecular weight excluding hydrogens is 610 g/mol. The Morgan fingerprint density at radius 3 is 1.67 bits per heavy atom. The van der Waals surface area contributed by atoms with Crippen molar-refractivity contribution < 1.29 is 9.59 Å². The van der Waals surface area contributed by atoms with Gasteiger partial charge in [0.15, 0.2) is 11.6 Å². The number of carbonyl (C=O) groups is 2. The first-order valence-corrected chi connectivity index (χ1v) is 18.0. The van der Waals surface area contributed by atoms with Crippen LogP contribution in [0.5, 0.6) is 0 Å². The highest BCUT2D eigenvalue weighted by molar-refractivity contribution is 6.28. The minimum absolute atomic E-state index is 0.0657. The minimum atomic E-state index is -0.0780. The molecule has 1 aromatic heterocycles. The van der Waals surface area contributed by atoms with E-state index in [1.54, 1.807) is 24.3 Å². The summed E-state index contributed by atoms with van der Waals surface area (Å²) in [6.07, 6.45) is 4.05. The van der Waals surface area contributed by atoms with Crippen LogP contribution in [0, 0.1) is 0 Å². The topological polar surface area (TPSA) is 103 Å². The van der Waals surface area contributed by atoms with Crippen molar-refractivity contribution in [2.24, 2.45) is 0 Å². The number of ketones is 2. The van der Waals surface area contributed by atoms with Gasteiger partial charge >= 0.3 is 0 Å². The van der Waals surface area contributed by atoms with Gasteiger partial charge in [-0.1, -0.05) is 94.4 Å². The van der Waals surface area contributed by atoms with Crippen LogP contribution >= 0.6 is 0 Å². The molecule has 9 heteroatoms. The first-order valence-electron chi connectivity index (χ1n) is 18.0. The highest BCUT2D eigenvalue weighted by Gasteiger charge is 2.30. The molecule has 0 fully saturated rings. The smallest absolute Gasteiger partial charge is 0.227 e. The first-order chi connectivity index (χ1) is 23.9. The van der Waals surface area contributed by atoms with E-state index in [0.29, 0.717) is 47.0 Å². The van der Waals surface area contributed by atoms with Gasteiger partial charge in [0, 0.05) is 41.8 Å². The fourth-order valence-electron chi connectivity index (χ4n) is 6.45. The fraction of sp³-hybridized carbons (Fsp3) is 0.425. The number of nitrogens with one attached hydrogen (secondary N) is 2. The molecule has 2 N–H and O–H groups in total. The lowest BCUT2D eigenvalue weighted by molar-refractivity contribution is 0.0978. The van der Waals surface area contributed by atoms with Crippen molar-refractivity contribution in [1.82, 2.24) is 24.8 Å². The molecule has 0 bridgehead atoms. The number of nitrogens with zero attached hydrogens (tertiary/aromatic N) is 5. The van der Waals surface area contributed by atoms with Gasteiger partial charge in [-0.05, 0) is 81.6 Å². The second-order valence-electron chi connectivity index (χ2n) is 12.6. The molecule has 0 aliphatic heterocycles. The number of hydrogen-bond acceptors (Lipinski definition) is 9. The van der Waals surface area contributed by atoms with Gasteiger partial charge in [-0.15, -0.1) is 0 Å². The zero-order chi connectivity index (χ0) is 34.6. The van der Waals surface area contributed by atoms with E-state index in [-0.39, 0.29) is 11.6 Å². The lowest BCUT2D eigenvalue weighted by Crippen LogP contribution is -2.26. The largest absolute Gasteiger partial charge is 0.354 e. The Kier molecular flexibility index (Phi) is 13.0. The summed E-state index contributed by atoms with van der Waals surface area (Å²) >= 11 is 0. The zero-order valence-corrected chi connectivity index (χ0v) is 29.6. The van der Waals surface area contributed by atoms with E-state index < -0.39 is 0 Å². The van der Waals surface area contributed by atoms with E-state index in [9.17, 15) is 9.59 Å². The van der Waals surface area contributed by atoms with Gasteiger partial charge in [0.25, 0.3) is 0 Å². The molecule has 0 spiro atoms. The summed E-state index contributed by atoms with van der Waals surface area (Å²) in [6, 6.07) is 21.2. The third kappa shape index (κ3) is 9.37. The first kappa shape index (κ1) is 35.8. The molecule has 0 radical (unpaired) electrons. The van der Waals surface area contributed by atoms with Crippen LogP contribution in [-0.4, -0.2) is 88.7 Å². The van der Waals surface area contributed by atoms with Gasteiger partial charge in [-0.3, -0.25) is 9.59 Å². The molecule has 1 aliphatic rings. The van der Waals surface area contributed by atoms with Crippen molar-refractivity contribution in [2.45, 2.75) is 59.8 Å². The Morgan fingerprint density at radius 1 is 0.571 bits per heavy atom. The summed E-state index contributed by atoms with van der Waals surface area (Å²) in [5.41, 5.74) is 5.22. The average Bonchev–Trinajstić information content (AvgIpc) is 3.13. The van der Waals surface area contributed by atoms with Crippen molar-refractivity contribution in [3.63, 3.8) is 0 Å². The molecule has 5 rings (SSSR count). The molecule has 0 amide bonds. The predicted molar refractivity (Wildman–Crippen MR) is 198 cm³/mol. The van der Waals surface area contributed by atoms with E-state index in [0.717, 1.165) is 94.1 Å². The normalized spacial score (nSPS) is 12.4. The van der Waals surface area contributed by atoms with Gasteiger partial charge in [-0.2, -0.15) is 15.0 Å². The SMILES string of the molecule is CCN(CC)CCCNc1nc(Cc2ccc(CCc3cccc4c3C(=O)c3ccccc3C4=O)cc2)nc(NCCCN(CC)CC)n1. The Labute approximate surface area is 291 Å². The molecule has 258 valence electrons. The number of aryl methyl sites for hydroxylation is 2. The molecule has 0 unspecified atom stereocenters. The molecule has 9 nitrogen and oxygen atoms in total. The molecule has 3 aromatic carbocycles. The number of aromatic nitrogens is 3. The minimum Gasteiger partial charge on any atom is -0.354 e. The van der Waals surface area contributed by atoms with Gasteiger partial charge in [-0.25, -0.2) is 0 Å². The van der Waals surface area contributed by atoms with Crippen molar-refractivity contribution in [3.05, 3.63) is 111 Å². The van der Waals surface area contributed by atoms with E-state index in [4.69, 9.17) is 15.0 Å². The molecular formula is C40H51N7O2. The summed E-state index contributed by atoms with van der Waals surface area (Å²) in [7, 11) is 0. The summed E-state index contributed by atoms with van der Waals surface area (Å²) in [5.74, 6) is 1.79. The van der Waals surface area contributed by atoms with Gasteiger partial charge in [0.1, 0.15) is 5.82 Å². The van der Waals surface area contributed by atoms with Crippen molar-refractivity contribution in [2.75, 3.05) is 63.0 Å². The summed E-state index contributed by atoms with van der Waals surface area (Å²) < 4.78 is 0. The van der Waals surface area contributed by atoms with Crippen molar-refractivity contribution >= 4 is 23.5 Å². The Bertz CT molecular complexity index is 1660. The summed E-state index contributed by atoms with van der Waals surface area (Å²) in [4.78, 5) is 45.7. The van der Waals surface area contributed by atoms with Crippen molar-refractivity contribution in [3.8, 4) is 0 Å². The van der Waals surface area contributed by atoms with Crippen LogP contribution in [0.25, 0.3) is 0 Å². The molecule has 49 heavy (non-hydrogen) atoms. The summed E-state index contributed by atoms with van der Waals surface area (Å²) in [6.45, 7) is 16.7. The van der Waals surface area contributed by atoms with Gasteiger partial charge < -0.3 is 20.4 Å². The predicted octanol–water partition coefficient (Wildman–Crippen LogP) is 6.31. The van der Waals surface area contributed by atoms with Crippen LogP contribution in [0.4, 0.5) is 11.9 Å². The van der Waals surface area contributed by atoms with Gasteiger partial charge in [0.05, 0.1) is 0 Å². The fourth-order valence-corrected chi connectivity index (χ4v) is 6.45. The number of rotatable bonds is 19. The van der Waals surface area contributed by atoms with Crippen LogP contribution < -0.4 is 10.6 Å². The van der Waals surface area contributed by atoms with Crippen LogP contribution in [-0.2, 0) is 19.3 Å². The van der Waals surface area contributed by atoms with Crippen LogP contribution in [0.15, 0.2) is 66.7 Å². The molecule has 0 saturated heterocycles. The molecule has 0 saturated carbocycles. The third-order valence-corrected chi connectivity index (χ3v) is 9.45. The maximum absolute atomic E-state index is 13.4. The standard InChI is InChI=1S/C40H51N7O2/c1-5-46(6-2)26-12-24-41-39-43-35(44-40(45-39)42-25-13-27-47(7-3)8-4)28-30-20-18-29(19-21-30)22-23-31-14-11-17-34-36(31)38(49)33-16-10-9-15-32(33)37(34)48/h9-11,14-21H,5-8,12-13,22-28H2,1-4H3,(H2,41,42,43,44,45). The second-order valence-corrected chi connectivity index (χ2v) is 12.6. The third-order valence-electron chi connectivity index (χ3n) is 9.45. The number of anilines is 2. The zero-order valence-electron chi connectivity index (χ0n) is 29.6. The number of fused-ring (bicyclic) bond motifs is 2. The molecule has 1 heterocycles. The molecule has 1 aliphatic carbocycles. The van der Waals surface area contributed by atoms with Crippen LogP contribution in [0.1, 0.15) is 94.9 Å². The molecule has 4 aromatic rings.